The molecule has 1 unspecified atom stereocenters. The van der Waals surface area contributed by atoms with Crippen LogP contribution in [0.1, 0.15) is 19.4 Å². The third-order valence-electron chi connectivity index (χ3n) is 1.90. The first-order chi connectivity index (χ1) is 6.69. The van der Waals surface area contributed by atoms with E-state index in [4.69, 9.17) is 16.7 Å². The van der Waals surface area contributed by atoms with Gasteiger partial charge in [0.05, 0.1) is 6.61 Å². The Balaban J connectivity index is 2.90. The van der Waals surface area contributed by atoms with Crippen LogP contribution < -0.4 is 5.32 Å². The SMILES string of the molecule is CCc1c(Cl)ncnc1NC(C)CO. The van der Waals surface area contributed by atoms with E-state index < -0.39 is 0 Å². The van der Waals surface area contributed by atoms with Crippen molar-refractivity contribution in [1.82, 2.24) is 9.97 Å². The maximum atomic E-state index is 8.89. The van der Waals surface area contributed by atoms with Crippen LogP contribution in [-0.4, -0.2) is 27.7 Å². The number of nitrogens with one attached hydrogen (secondary N) is 1. The Labute approximate surface area is 88.3 Å². The molecule has 1 rings (SSSR count). The van der Waals surface area contributed by atoms with E-state index in [9.17, 15) is 0 Å². The number of rotatable bonds is 4. The molecule has 0 spiro atoms. The molecule has 0 aliphatic carbocycles. The van der Waals surface area contributed by atoms with Crippen LogP contribution in [0.2, 0.25) is 5.15 Å². The van der Waals surface area contributed by atoms with Gasteiger partial charge in [0.1, 0.15) is 17.3 Å². The Morgan fingerprint density at radius 3 is 2.86 bits per heavy atom. The maximum absolute atomic E-state index is 8.89. The smallest absolute Gasteiger partial charge is 0.137 e. The Morgan fingerprint density at radius 2 is 2.29 bits per heavy atom. The highest BCUT2D eigenvalue weighted by molar-refractivity contribution is 6.30. The molecule has 14 heavy (non-hydrogen) atoms. The van der Waals surface area contributed by atoms with E-state index in [1.807, 2.05) is 13.8 Å². The summed E-state index contributed by atoms with van der Waals surface area (Å²) in [7, 11) is 0. The molecular weight excluding hydrogens is 202 g/mol. The lowest BCUT2D eigenvalue weighted by Gasteiger charge is -2.14. The fraction of sp³-hybridized carbons (Fsp3) is 0.556. The zero-order valence-electron chi connectivity index (χ0n) is 8.29. The summed E-state index contributed by atoms with van der Waals surface area (Å²) in [6.07, 6.45) is 2.17. The molecule has 0 aliphatic rings. The van der Waals surface area contributed by atoms with Crippen molar-refractivity contribution >= 4 is 17.4 Å². The molecule has 0 saturated heterocycles. The summed E-state index contributed by atoms with van der Waals surface area (Å²) in [5, 5.41) is 12.4. The first kappa shape index (κ1) is 11.2. The summed E-state index contributed by atoms with van der Waals surface area (Å²) in [5.74, 6) is 0.703. The standard InChI is InChI=1S/C9H14ClN3O/c1-3-7-8(10)11-5-12-9(7)13-6(2)4-14/h5-6,14H,3-4H2,1-2H3,(H,11,12,13). The van der Waals surface area contributed by atoms with Crippen LogP contribution in [-0.2, 0) is 6.42 Å². The minimum Gasteiger partial charge on any atom is -0.394 e. The van der Waals surface area contributed by atoms with Gasteiger partial charge in [0.25, 0.3) is 0 Å². The number of aromatic nitrogens is 2. The molecule has 78 valence electrons. The van der Waals surface area contributed by atoms with Crippen molar-refractivity contribution in [2.75, 3.05) is 11.9 Å². The summed E-state index contributed by atoms with van der Waals surface area (Å²) in [5.41, 5.74) is 0.884. The van der Waals surface area contributed by atoms with Crippen molar-refractivity contribution in [1.29, 1.82) is 0 Å². The molecular formula is C9H14ClN3O. The Morgan fingerprint density at radius 1 is 1.57 bits per heavy atom. The normalized spacial score (nSPS) is 12.6. The van der Waals surface area contributed by atoms with E-state index in [1.54, 1.807) is 0 Å². The number of halogens is 1. The molecule has 5 heteroatoms. The van der Waals surface area contributed by atoms with E-state index in [0.717, 1.165) is 12.0 Å². The second kappa shape index (κ2) is 5.12. The van der Waals surface area contributed by atoms with E-state index in [0.29, 0.717) is 11.0 Å². The summed E-state index contributed by atoms with van der Waals surface area (Å²) in [6.45, 7) is 3.92. The Hall–Kier alpha value is -0.870. The number of anilines is 1. The minimum absolute atomic E-state index is 0.0359. The van der Waals surface area contributed by atoms with Gasteiger partial charge in [0.15, 0.2) is 0 Å². The fourth-order valence-corrected chi connectivity index (χ4v) is 1.37. The lowest BCUT2D eigenvalue weighted by atomic mass is 10.2. The van der Waals surface area contributed by atoms with Gasteiger partial charge in [0, 0.05) is 11.6 Å². The van der Waals surface area contributed by atoms with Gasteiger partial charge in [-0.15, -0.1) is 0 Å². The highest BCUT2D eigenvalue weighted by atomic mass is 35.5. The zero-order chi connectivity index (χ0) is 10.6. The van der Waals surface area contributed by atoms with Gasteiger partial charge < -0.3 is 10.4 Å². The third kappa shape index (κ3) is 2.56. The van der Waals surface area contributed by atoms with E-state index in [-0.39, 0.29) is 12.6 Å². The summed E-state index contributed by atoms with van der Waals surface area (Å²) < 4.78 is 0. The van der Waals surface area contributed by atoms with Crippen LogP contribution in [0.4, 0.5) is 5.82 Å². The van der Waals surface area contributed by atoms with Gasteiger partial charge in [-0.3, -0.25) is 0 Å². The summed E-state index contributed by atoms with van der Waals surface area (Å²) >= 11 is 5.90. The van der Waals surface area contributed by atoms with Gasteiger partial charge in [-0.25, -0.2) is 9.97 Å². The van der Waals surface area contributed by atoms with Gasteiger partial charge >= 0.3 is 0 Å². The number of aliphatic hydroxyl groups is 1. The molecule has 1 heterocycles. The largest absolute Gasteiger partial charge is 0.394 e. The van der Waals surface area contributed by atoms with Crippen LogP contribution in [0.3, 0.4) is 0 Å². The molecule has 1 aromatic rings. The van der Waals surface area contributed by atoms with Gasteiger partial charge in [-0.2, -0.15) is 0 Å². The Kier molecular flexibility index (Phi) is 4.10. The molecule has 0 amide bonds. The van der Waals surface area contributed by atoms with E-state index >= 15 is 0 Å². The molecule has 1 aromatic heterocycles. The number of hydrogen-bond donors (Lipinski definition) is 2. The summed E-state index contributed by atoms with van der Waals surface area (Å²) in [6, 6.07) is -0.0359. The van der Waals surface area contributed by atoms with Gasteiger partial charge in [-0.1, -0.05) is 18.5 Å². The van der Waals surface area contributed by atoms with Crippen LogP contribution >= 0.6 is 11.6 Å². The van der Waals surface area contributed by atoms with E-state index in [2.05, 4.69) is 15.3 Å². The molecule has 0 fully saturated rings. The number of hydrogen-bond acceptors (Lipinski definition) is 4. The van der Waals surface area contributed by atoms with Crippen molar-refractivity contribution in [3.63, 3.8) is 0 Å². The van der Waals surface area contributed by atoms with Crippen LogP contribution in [0.15, 0.2) is 6.33 Å². The molecule has 0 saturated carbocycles. The van der Waals surface area contributed by atoms with Crippen molar-refractivity contribution in [3.8, 4) is 0 Å². The quantitative estimate of drug-likeness (QED) is 0.748. The summed E-state index contributed by atoms with van der Waals surface area (Å²) in [4.78, 5) is 7.98. The molecule has 0 radical (unpaired) electrons. The van der Waals surface area contributed by atoms with Crippen molar-refractivity contribution in [3.05, 3.63) is 17.0 Å². The molecule has 0 aromatic carbocycles. The highest BCUT2D eigenvalue weighted by Gasteiger charge is 2.09. The lowest BCUT2D eigenvalue weighted by Crippen LogP contribution is -2.21. The first-order valence-corrected chi connectivity index (χ1v) is 4.93. The van der Waals surface area contributed by atoms with Crippen molar-refractivity contribution < 1.29 is 5.11 Å². The molecule has 4 nitrogen and oxygen atoms in total. The van der Waals surface area contributed by atoms with Crippen LogP contribution in [0.5, 0.6) is 0 Å². The molecule has 0 bridgehead atoms. The first-order valence-electron chi connectivity index (χ1n) is 4.55. The van der Waals surface area contributed by atoms with Crippen molar-refractivity contribution in [2.24, 2.45) is 0 Å². The van der Waals surface area contributed by atoms with Crippen LogP contribution in [0.25, 0.3) is 0 Å². The molecule has 0 aliphatic heterocycles. The number of nitrogens with zero attached hydrogens (tertiary/aromatic N) is 2. The maximum Gasteiger partial charge on any atom is 0.137 e. The van der Waals surface area contributed by atoms with Gasteiger partial charge in [-0.05, 0) is 13.3 Å². The highest BCUT2D eigenvalue weighted by Crippen LogP contribution is 2.20. The number of aliphatic hydroxyl groups excluding tert-OH is 1. The monoisotopic (exact) mass is 215 g/mol. The average molecular weight is 216 g/mol. The molecule has 1 atom stereocenters. The van der Waals surface area contributed by atoms with Crippen molar-refractivity contribution in [2.45, 2.75) is 26.3 Å². The Bertz CT molecular complexity index is 306. The topological polar surface area (TPSA) is 58.0 Å². The minimum atomic E-state index is -0.0359. The average Bonchev–Trinajstić information content (AvgIpc) is 2.18. The fourth-order valence-electron chi connectivity index (χ4n) is 1.11. The van der Waals surface area contributed by atoms with Crippen LogP contribution in [0, 0.1) is 0 Å². The van der Waals surface area contributed by atoms with E-state index in [1.165, 1.54) is 6.33 Å². The predicted octanol–water partition coefficient (Wildman–Crippen LogP) is 1.49. The second-order valence-corrected chi connectivity index (χ2v) is 3.43. The lowest BCUT2D eigenvalue weighted by molar-refractivity contribution is 0.281. The second-order valence-electron chi connectivity index (χ2n) is 3.07. The molecule has 2 N–H and O–H groups in total. The van der Waals surface area contributed by atoms with Gasteiger partial charge in [0.2, 0.25) is 0 Å². The predicted molar refractivity (Wildman–Crippen MR) is 56.6 cm³/mol. The third-order valence-corrected chi connectivity index (χ3v) is 2.23. The zero-order valence-corrected chi connectivity index (χ0v) is 9.04.